The van der Waals surface area contributed by atoms with Gasteiger partial charge in [-0.15, -0.1) is 0 Å². The van der Waals surface area contributed by atoms with Crippen LogP contribution < -0.4 is 0 Å². The molecule has 1 unspecified atom stereocenters. The van der Waals surface area contributed by atoms with E-state index >= 15 is 0 Å². The highest BCUT2D eigenvalue weighted by Gasteiger charge is 2.04. The summed E-state index contributed by atoms with van der Waals surface area (Å²) < 4.78 is 0. The van der Waals surface area contributed by atoms with Crippen molar-refractivity contribution in [3.8, 4) is 0 Å². The molecular formula is C11H18N2. The molecule has 0 spiro atoms. The standard InChI is InChI=1S/C11H18N2/c1-10(6-9-13(2)3)11-4-7-12-8-5-11/h4-5,7-8,10H,6,9H2,1-3H3. The lowest BCUT2D eigenvalue weighted by Crippen LogP contribution is -2.14. The number of hydrogen-bond acceptors (Lipinski definition) is 2. The van der Waals surface area contributed by atoms with E-state index in [0.29, 0.717) is 5.92 Å². The normalized spacial score (nSPS) is 13.2. The fraction of sp³-hybridized carbons (Fsp3) is 0.545. The summed E-state index contributed by atoms with van der Waals surface area (Å²) in [6.07, 6.45) is 4.93. The Morgan fingerprint density at radius 1 is 1.31 bits per heavy atom. The van der Waals surface area contributed by atoms with E-state index < -0.39 is 0 Å². The first-order valence-electron chi connectivity index (χ1n) is 4.75. The van der Waals surface area contributed by atoms with Crippen LogP contribution in [-0.4, -0.2) is 30.5 Å². The lowest BCUT2D eigenvalue weighted by molar-refractivity contribution is 0.386. The molecule has 0 aliphatic rings. The largest absolute Gasteiger partial charge is 0.309 e. The Hall–Kier alpha value is -0.890. The summed E-state index contributed by atoms with van der Waals surface area (Å²) in [5.41, 5.74) is 1.39. The molecule has 0 saturated heterocycles. The summed E-state index contributed by atoms with van der Waals surface area (Å²) in [7, 11) is 4.22. The van der Waals surface area contributed by atoms with Crippen molar-refractivity contribution in [2.45, 2.75) is 19.3 Å². The molecule has 13 heavy (non-hydrogen) atoms. The van der Waals surface area contributed by atoms with Crippen LogP contribution in [0.2, 0.25) is 0 Å². The van der Waals surface area contributed by atoms with E-state index in [1.165, 1.54) is 12.0 Å². The van der Waals surface area contributed by atoms with Gasteiger partial charge >= 0.3 is 0 Å². The van der Waals surface area contributed by atoms with E-state index in [1.54, 1.807) is 0 Å². The average molecular weight is 178 g/mol. The second kappa shape index (κ2) is 4.97. The predicted octanol–water partition coefficient (Wildman–Crippen LogP) is 2.14. The molecule has 0 radical (unpaired) electrons. The Kier molecular flexibility index (Phi) is 3.90. The van der Waals surface area contributed by atoms with Crippen LogP contribution in [0.4, 0.5) is 0 Å². The first kappa shape index (κ1) is 10.2. The first-order valence-corrected chi connectivity index (χ1v) is 4.75. The zero-order chi connectivity index (χ0) is 9.68. The highest BCUT2D eigenvalue weighted by molar-refractivity contribution is 5.14. The minimum absolute atomic E-state index is 0.630. The monoisotopic (exact) mass is 178 g/mol. The second-order valence-corrected chi connectivity index (χ2v) is 3.77. The maximum atomic E-state index is 4.01. The van der Waals surface area contributed by atoms with E-state index in [-0.39, 0.29) is 0 Å². The molecule has 2 heteroatoms. The smallest absolute Gasteiger partial charge is 0.0270 e. The van der Waals surface area contributed by atoms with Crippen molar-refractivity contribution >= 4 is 0 Å². The zero-order valence-electron chi connectivity index (χ0n) is 8.70. The third-order valence-corrected chi connectivity index (χ3v) is 2.28. The van der Waals surface area contributed by atoms with Crippen molar-refractivity contribution in [3.63, 3.8) is 0 Å². The van der Waals surface area contributed by atoms with Gasteiger partial charge in [-0.1, -0.05) is 6.92 Å². The average Bonchev–Trinajstić information content (AvgIpc) is 2.15. The van der Waals surface area contributed by atoms with Gasteiger partial charge in [-0.3, -0.25) is 4.98 Å². The van der Waals surface area contributed by atoms with Crippen LogP contribution >= 0.6 is 0 Å². The molecule has 1 aromatic rings. The number of rotatable bonds is 4. The zero-order valence-corrected chi connectivity index (χ0v) is 8.70. The van der Waals surface area contributed by atoms with Crippen molar-refractivity contribution in [2.24, 2.45) is 0 Å². The number of nitrogens with zero attached hydrogens (tertiary/aromatic N) is 2. The van der Waals surface area contributed by atoms with Gasteiger partial charge in [-0.2, -0.15) is 0 Å². The van der Waals surface area contributed by atoms with Crippen LogP contribution in [-0.2, 0) is 0 Å². The Labute approximate surface area is 80.6 Å². The number of hydrogen-bond donors (Lipinski definition) is 0. The maximum absolute atomic E-state index is 4.01. The molecule has 1 aromatic heterocycles. The molecule has 0 N–H and O–H groups in total. The van der Waals surface area contributed by atoms with E-state index in [2.05, 4.69) is 43.0 Å². The lowest BCUT2D eigenvalue weighted by atomic mass is 9.99. The van der Waals surface area contributed by atoms with Crippen LogP contribution in [0.1, 0.15) is 24.8 Å². The molecule has 0 bridgehead atoms. The van der Waals surface area contributed by atoms with Crippen LogP contribution in [0.15, 0.2) is 24.5 Å². The van der Waals surface area contributed by atoms with Gasteiger partial charge < -0.3 is 4.90 Å². The second-order valence-electron chi connectivity index (χ2n) is 3.77. The molecule has 1 heterocycles. The van der Waals surface area contributed by atoms with Crippen LogP contribution in [0.5, 0.6) is 0 Å². The van der Waals surface area contributed by atoms with Gasteiger partial charge in [-0.25, -0.2) is 0 Å². The maximum Gasteiger partial charge on any atom is 0.0270 e. The van der Waals surface area contributed by atoms with Gasteiger partial charge in [0.15, 0.2) is 0 Å². The fourth-order valence-electron chi connectivity index (χ4n) is 1.31. The Bertz CT molecular complexity index is 231. The first-order chi connectivity index (χ1) is 6.20. The summed E-state index contributed by atoms with van der Waals surface area (Å²) in [6, 6.07) is 4.20. The van der Waals surface area contributed by atoms with Crippen molar-refractivity contribution in [1.29, 1.82) is 0 Å². The third kappa shape index (κ3) is 3.55. The predicted molar refractivity (Wildman–Crippen MR) is 55.8 cm³/mol. The minimum Gasteiger partial charge on any atom is -0.309 e. The molecule has 0 fully saturated rings. The molecule has 0 aliphatic heterocycles. The minimum atomic E-state index is 0.630. The molecule has 0 saturated carbocycles. The molecule has 0 aliphatic carbocycles. The molecule has 1 rings (SSSR count). The summed E-state index contributed by atoms with van der Waals surface area (Å²) in [4.78, 5) is 6.23. The molecule has 0 amide bonds. The highest BCUT2D eigenvalue weighted by atomic mass is 15.0. The summed E-state index contributed by atoms with van der Waals surface area (Å²) >= 11 is 0. The van der Waals surface area contributed by atoms with E-state index in [1.807, 2.05) is 12.4 Å². The van der Waals surface area contributed by atoms with Gasteiger partial charge in [0.2, 0.25) is 0 Å². The van der Waals surface area contributed by atoms with E-state index in [9.17, 15) is 0 Å². The van der Waals surface area contributed by atoms with E-state index in [0.717, 1.165) is 6.54 Å². The highest BCUT2D eigenvalue weighted by Crippen LogP contribution is 2.17. The van der Waals surface area contributed by atoms with Gasteiger partial charge in [0.25, 0.3) is 0 Å². The van der Waals surface area contributed by atoms with Gasteiger partial charge in [0, 0.05) is 12.4 Å². The van der Waals surface area contributed by atoms with Crippen LogP contribution in [0.3, 0.4) is 0 Å². The van der Waals surface area contributed by atoms with Crippen LogP contribution in [0.25, 0.3) is 0 Å². The number of aromatic nitrogens is 1. The van der Waals surface area contributed by atoms with Crippen molar-refractivity contribution in [2.75, 3.05) is 20.6 Å². The summed E-state index contributed by atoms with van der Waals surface area (Å²) in [5.74, 6) is 0.630. The Morgan fingerprint density at radius 3 is 2.46 bits per heavy atom. The van der Waals surface area contributed by atoms with Crippen molar-refractivity contribution in [3.05, 3.63) is 30.1 Å². The molecule has 72 valence electrons. The van der Waals surface area contributed by atoms with Gasteiger partial charge in [0.1, 0.15) is 0 Å². The fourth-order valence-corrected chi connectivity index (χ4v) is 1.31. The van der Waals surface area contributed by atoms with Crippen LogP contribution in [0, 0.1) is 0 Å². The molecule has 0 aromatic carbocycles. The van der Waals surface area contributed by atoms with Gasteiger partial charge in [-0.05, 0) is 50.7 Å². The Balaban J connectivity index is 2.44. The topological polar surface area (TPSA) is 16.1 Å². The lowest BCUT2D eigenvalue weighted by Gasteiger charge is -2.14. The summed E-state index contributed by atoms with van der Waals surface area (Å²) in [6.45, 7) is 3.41. The molecule has 1 atom stereocenters. The Morgan fingerprint density at radius 2 is 1.92 bits per heavy atom. The van der Waals surface area contributed by atoms with Crippen molar-refractivity contribution < 1.29 is 0 Å². The van der Waals surface area contributed by atoms with E-state index in [4.69, 9.17) is 0 Å². The third-order valence-electron chi connectivity index (χ3n) is 2.28. The van der Waals surface area contributed by atoms with Crippen molar-refractivity contribution in [1.82, 2.24) is 9.88 Å². The SMILES string of the molecule is CC(CCN(C)C)c1ccncc1. The quantitative estimate of drug-likeness (QED) is 0.702. The van der Waals surface area contributed by atoms with Gasteiger partial charge in [0.05, 0.1) is 0 Å². The molecule has 2 nitrogen and oxygen atoms in total. The summed E-state index contributed by atoms with van der Waals surface area (Å²) in [5, 5.41) is 0. The number of pyridine rings is 1. The molecular weight excluding hydrogens is 160 g/mol.